The summed E-state index contributed by atoms with van der Waals surface area (Å²) in [7, 11) is 0. The minimum Gasteiger partial charge on any atom is -0.490 e. The van der Waals surface area contributed by atoms with Crippen molar-refractivity contribution in [3.05, 3.63) is 23.8 Å². The quantitative estimate of drug-likeness (QED) is 0.804. The monoisotopic (exact) mass is 251 g/mol. The van der Waals surface area contributed by atoms with Crippen LogP contribution in [-0.4, -0.2) is 19.3 Å². The molecule has 0 saturated carbocycles. The van der Waals surface area contributed by atoms with Gasteiger partial charge in [0.1, 0.15) is 0 Å². The van der Waals surface area contributed by atoms with E-state index in [9.17, 15) is 0 Å². The molecule has 18 heavy (non-hydrogen) atoms. The van der Waals surface area contributed by atoms with Gasteiger partial charge in [0, 0.05) is 12.1 Å². The molecule has 0 radical (unpaired) electrons. The van der Waals surface area contributed by atoms with Gasteiger partial charge in [-0.05, 0) is 38.5 Å². The lowest BCUT2D eigenvalue weighted by Crippen LogP contribution is -2.26. The van der Waals surface area contributed by atoms with Crippen molar-refractivity contribution < 1.29 is 9.47 Å². The zero-order chi connectivity index (χ0) is 13.5. The van der Waals surface area contributed by atoms with Crippen LogP contribution in [0.1, 0.15) is 46.2 Å². The lowest BCUT2D eigenvalue weighted by atomic mass is 10.1. The maximum Gasteiger partial charge on any atom is 0.161 e. The lowest BCUT2D eigenvalue weighted by Gasteiger charge is -2.19. The van der Waals surface area contributed by atoms with Crippen molar-refractivity contribution in [2.45, 2.75) is 46.7 Å². The molecule has 1 unspecified atom stereocenters. The third kappa shape index (κ3) is 4.22. The molecule has 0 spiro atoms. The first-order valence-electron chi connectivity index (χ1n) is 6.74. The Hall–Kier alpha value is -1.22. The van der Waals surface area contributed by atoms with E-state index in [0.717, 1.165) is 11.5 Å². The Bertz CT molecular complexity index is 364. The summed E-state index contributed by atoms with van der Waals surface area (Å²) in [6.45, 7) is 11.7. The molecule has 1 atom stereocenters. The van der Waals surface area contributed by atoms with Crippen LogP contribution in [0.4, 0.5) is 0 Å². The summed E-state index contributed by atoms with van der Waals surface area (Å²) in [6, 6.07) is 6.91. The van der Waals surface area contributed by atoms with Gasteiger partial charge in [0.05, 0.1) is 13.2 Å². The van der Waals surface area contributed by atoms with Crippen LogP contribution in [0.5, 0.6) is 11.5 Å². The molecule has 3 heteroatoms. The van der Waals surface area contributed by atoms with Crippen LogP contribution >= 0.6 is 0 Å². The maximum absolute atomic E-state index is 5.63. The van der Waals surface area contributed by atoms with E-state index in [1.807, 2.05) is 19.9 Å². The zero-order valence-electron chi connectivity index (χ0n) is 12.1. The average Bonchev–Trinajstić information content (AvgIpc) is 2.31. The number of benzene rings is 1. The van der Waals surface area contributed by atoms with Gasteiger partial charge >= 0.3 is 0 Å². The van der Waals surface area contributed by atoms with E-state index in [4.69, 9.17) is 9.47 Å². The third-order valence-corrected chi connectivity index (χ3v) is 2.65. The van der Waals surface area contributed by atoms with E-state index >= 15 is 0 Å². The van der Waals surface area contributed by atoms with Crippen molar-refractivity contribution in [1.82, 2.24) is 5.32 Å². The van der Waals surface area contributed by atoms with Crippen LogP contribution in [0.15, 0.2) is 18.2 Å². The molecule has 1 aromatic carbocycles. The van der Waals surface area contributed by atoms with Gasteiger partial charge in [-0.15, -0.1) is 0 Å². The molecule has 3 nitrogen and oxygen atoms in total. The molecular weight excluding hydrogens is 226 g/mol. The van der Waals surface area contributed by atoms with Gasteiger partial charge in [0.2, 0.25) is 0 Å². The molecule has 0 aliphatic rings. The predicted octanol–water partition coefficient (Wildman–Crippen LogP) is 3.54. The van der Waals surface area contributed by atoms with E-state index in [2.05, 4.69) is 38.2 Å². The summed E-state index contributed by atoms with van der Waals surface area (Å²) in [5.41, 5.74) is 1.22. The molecule has 0 fully saturated rings. The van der Waals surface area contributed by atoms with Crippen molar-refractivity contribution in [2.24, 2.45) is 0 Å². The maximum atomic E-state index is 5.63. The van der Waals surface area contributed by atoms with Crippen LogP contribution in [0, 0.1) is 0 Å². The van der Waals surface area contributed by atoms with E-state index in [0.29, 0.717) is 25.3 Å². The molecule has 1 rings (SSSR count). The SMILES string of the molecule is CCOc1ccc(C(C)NC(C)C)cc1OCC. The average molecular weight is 251 g/mol. The Balaban J connectivity index is 2.91. The smallest absolute Gasteiger partial charge is 0.161 e. The molecule has 0 heterocycles. The number of hydrogen-bond donors (Lipinski definition) is 1. The highest BCUT2D eigenvalue weighted by atomic mass is 16.5. The number of hydrogen-bond acceptors (Lipinski definition) is 3. The van der Waals surface area contributed by atoms with Crippen LogP contribution in [0.2, 0.25) is 0 Å². The van der Waals surface area contributed by atoms with Gasteiger partial charge in [-0.25, -0.2) is 0 Å². The third-order valence-electron chi connectivity index (χ3n) is 2.65. The van der Waals surface area contributed by atoms with Crippen LogP contribution < -0.4 is 14.8 Å². The standard InChI is InChI=1S/C15H25NO2/c1-6-17-14-9-8-13(10-15(14)18-7-2)12(5)16-11(3)4/h8-12,16H,6-7H2,1-5H3. The fraction of sp³-hybridized carbons (Fsp3) is 0.600. The topological polar surface area (TPSA) is 30.5 Å². The van der Waals surface area contributed by atoms with Gasteiger partial charge in [-0.1, -0.05) is 19.9 Å². The minimum atomic E-state index is 0.305. The second-order valence-electron chi connectivity index (χ2n) is 4.62. The predicted molar refractivity (Wildman–Crippen MR) is 75.5 cm³/mol. The first-order chi connectivity index (χ1) is 8.58. The molecule has 0 bridgehead atoms. The van der Waals surface area contributed by atoms with Crippen LogP contribution in [-0.2, 0) is 0 Å². The van der Waals surface area contributed by atoms with Gasteiger partial charge < -0.3 is 14.8 Å². The Morgan fingerprint density at radius 2 is 1.61 bits per heavy atom. The Labute approximate surface area is 110 Å². The summed E-state index contributed by atoms with van der Waals surface area (Å²) in [4.78, 5) is 0. The van der Waals surface area contributed by atoms with Crippen LogP contribution in [0.3, 0.4) is 0 Å². The highest BCUT2D eigenvalue weighted by Gasteiger charge is 2.11. The Morgan fingerprint density at radius 1 is 1.00 bits per heavy atom. The summed E-state index contributed by atoms with van der Waals surface area (Å²) in [5, 5.41) is 3.48. The number of rotatable bonds is 7. The van der Waals surface area contributed by atoms with Gasteiger partial charge in [-0.3, -0.25) is 0 Å². The normalized spacial score (nSPS) is 12.6. The molecule has 1 N–H and O–H groups in total. The number of nitrogens with one attached hydrogen (secondary N) is 1. The van der Waals surface area contributed by atoms with Crippen molar-refractivity contribution in [1.29, 1.82) is 0 Å². The molecule has 0 amide bonds. The summed E-state index contributed by atoms with van der Waals surface area (Å²) < 4.78 is 11.2. The second-order valence-corrected chi connectivity index (χ2v) is 4.62. The summed E-state index contributed by atoms with van der Waals surface area (Å²) >= 11 is 0. The molecule has 0 aromatic heterocycles. The van der Waals surface area contributed by atoms with E-state index in [-0.39, 0.29) is 0 Å². The molecule has 0 saturated heterocycles. The zero-order valence-corrected chi connectivity index (χ0v) is 12.1. The molecular formula is C15H25NO2. The lowest BCUT2D eigenvalue weighted by molar-refractivity contribution is 0.287. The molecule has 1 aromatic rings. The fourth-order valence-corrected chi connectivity index (χ4v) is 1.93. The first-order valence-corrected chi connectivity index (χ1v) is 6.74. The van der Waals surface area contributed by atoms with Crippen molar-refractivity contribution in [2.75, 3.05) is 13.2 Å². The van der Waals surface area contributed by atoms with E-state index < -0.39 is 0 Å². The van der Waals surface area contributed by atoms with Crippen molar-refractivity contribution >= 4 is 0 Å². The van der Waals surface area contributed by atoms with E-state index in [1.165, 1.54) is 5.56 Å². The Morgan fingerprint density at radius 3 is 2.17 bits per heavy atom. The minimum absolute atomic E-state index is 0.305. The van der Waals surface area contributed by atoms with Crippen molar-refractivity contribution in [3.63, 3.8) is 0 Å². The number of ether oxygens (including phenoxy) is 2. The first kappa shape index (κ1) is 14.8. The fourth-order valence-electron chi connectivity index (χ4n) is 1.93. The molecule has 102 valence electrons. The highest BCUT2D eigenvalue weighted by molar-refractivity contribution is 5.43. The van der Waals surface area contributed by atoms with Crippen LogP contribution in [0.25, 0.3) is 0 Å². The second kappa shape index (κ2) is 7.27. The van der Waals surface area contributed by atoms with E-state index in [1.54, 1.807) is 0 Å². The van der Waals surface area contributed by atoms with Gasteiger partial charge in [-0.2, -0.15) is 0 Å². The molecule has 0 aliphatic heterocycles. The van der Waals surface area contributed by atoms with Gasteiger partial charge in [0.15, 0.2) is 11.5 Å². The van der Waals surface area contributed by atoms with Gasteiger partial charge in [0.25, 0.3) is 0 Å². The van der Waals surface area contributed by atoms with Crippen molar-refractivity contribution in [3.8, 4) is 11.5 Å². The Kier molecular flexibility index (Phi) is 5.99. The largest absolute Gasteiger partial charge is 0.490 e. The highest BCUT2D eigenvalue weighted by Crippen LogP contribution is 2.30. The summed E-state index contributed by atoms with van der Waals surface area (Å²) in [5.74, 6) is 1.65. The molecule has 0 aliphatic carbocycles. The summed E-state index contributed by atoms with van der Waals surface area (Å²) in [6.07, 6.45) is 0.